The van der Waals surface area contributed by atoms with E-state index in [4.69, 9.17) is 0 Å². The lowest BCUT2D eigenvalue weighted by Gasteiger charge is -2.58. The summed E-state index contributed by atoms with van der Waals surface area (Å²) in [7, 11) is 0. The Bertz CT molecular complexity index is 544. The summed E-state index contributed by atoms with van der Waals surface area (Å²) in [5.74, 6) is 6.54. The van der Waals surface area contributed by atoms with E-state index >= 15 is 0 Å². The molecule has 0 unspecified atom stereocenters. The van der Waals surface area contributed by atoms with E-state index in [1.165, 1.54) is 70.6 Å². The minimum absolute atomic E-state index is 0.625. The van der Waals surface area contributed by atoms with Gasteiger partial charge in [0.2, 0.25) is 0 Å². The second-order valence-electron chi connectivity index (χ2n) is 12.1. The maximum atomic E-state index is 2.75. The Balaban J connectivity index is 1.49. The molecule has 0 aromatic carbocycles. The van der Waals surface area contributed by atoms with E-state index in [1.807, 2.05) is 0 Å². The monoisotopic (exact) mass is 370 g/mol. The molecule has 4 aliphatic carbocycles. The minimum Gasteiger partial charge on any atom is -0.0846 e. The Labute approximate surface area is 170 Å². The maximum Gasteiger partial charge on any atom is -0.0166 e. The number of allylic oxidation sites excluding steroid dienone is 2. The van der Waals surface area contributed by atoms with Gasteiger partial charge in [0.15, 0.2) is 0 Å². The Morgan fingerprint density at radius 2 is 1.59 bits per heavy atom. The van der Waals surface area contributed by atoms with E-state index in [2.05, 4.69) is 46.8 Å². The molecule has 0 nitrogen and oxygen atoms in total. The third-order valence-electron chi connectivity index (χ3n) is 10.3. The highest BCUT2D eigenvalue weighted by Crippen LogP contribution is 2.67. The number of hydrogen-bond donors (Lipinski definition) is 0. The third-order valence-corrected chi connectivity index (χ3v) is 10.3. The molecule has 0 aromatic rings. The molecule has 3 fully saturated rings. The predicted octanol–water partition coefficient (Wildman–Crippen LogP) is 8.27. The molecule has 0 heterocycles. The second kappa shape index (κ2) is 7.53. The molecule has 0 aliphatic heterocycles. The molecule has 0 bridgehead atoms. The van der Waals surface area contributed by atoms with Crippen LogP contribution >= 0.6 is 0 Å². The Morgan fingerprint density at radius 3 is 2.37 bits per heavy atom. The summed E-state index contributed by atoms with van der Waals surface area (Å²) in [6.07, 6.45) is 21.8. The lowest BCUT2D eigenvalue weighted by atomic mass is 9.46. The molecule has 0 aromatic heterocycles. The van der Waals surface area contributed by atoms with Crippen molar-refractivity contribution in [2.45, 2.75) is 105 Å². The molecular formula is C27H46. The smallest absolute Gasteiger partial charge is 0.0166 e. The van der Waals surface area contributed by atoms with Crippen molar-refractivity contribution in [1.29, 1.82) is 0 Å². The first-order valence-electron chi connectivity index (χ1n) is 12.5. The van der Waals surface area contributed by atoms with Gasteiger partial charge in [-0.05, 0) is 90.8 Å². The van der Waals surface area contributed by atoms with Crippen LogP contribution in [0.15, 0.2) is 12.2 Å². The number of rotatable bonds is 5. The Kier molecular flexibility index (Phi) is 5.59. The zero-order valence-corrected chi connectivity index (χ0v) is 19.0. The average Bonchev–Trinajstić information content (AvgIpc) is 2.98. The van der Waals surface area contributed by atoms with Crippen molar-refractivity contribution in [2.24, 2.45) is 52.3 Å². The second-order valence-corrected chi connectivity index (χ2v) is 12.1. The van der Waals surface area contributed by atoms with Gasteiger partial charge in [-0.1, -0.05) is 78.9 Å². The maximum absolute atomic E-state index is 2.75. The van der Waals surface area contributed by atoms with Gasteiger partial charge >= 0.3 is 0 Å². The van der Waals surface area contributed by atoms with Crippen LogP contribution in [0.1, 0.15) is 105 Å². The van der Waals surface area contributed by atoms with Crippen LogP contribution < -0.4 is 0 Å². The lowest BCUT2D eigenvalue weighted by Crippen LogP contribution is -2.51. The van der Waals surface area contributed by atoms with Crippen molar-refractivity contribution >= 4 is 0 Å². The van der Waals surface area contributed by atoms with E-state index in [1.54, 1.807) is 0 Å². The fourth-order valence-electron chi connectivity index (χ4n) is 8.68. The van der Waals surface area contributed by atoms with Crippen LogP contribution in [0.3, 0.4) is 0 Å². The van der Waals surface area contributed by atoms with Gasteiger partial charge in [0, 0.05) is 0 Å². The molecular weight excluding hydrogens is 324 g/mol. The molecule has 27 heavy (non-hydrogen) atoms. The van der Waals surface area contributed by atoms with Gasteiger partial charge in [0.25, 0.3) is 0 Å². The van der Waals surface area contributed by atoms with E-state index in [0.29, 0.717) is 10.8 Å². The molecule has 0 amide bonds. The molecule has 8 atom stereocenters. The number of hydrogen-bond acceptors (Lipinski definition) is 0. The van der Waals surface area contributed by atoms with E-state index in [0.717, 1.165) is 41.4 Å². The first-order valence-corrected chi connectivity index (χ1v) is 12.5. The summed E-state index contributed by atoms with van der Waals surface area (Å²) in [4.78, 5) is 0. The average molecular weight is 371 g/mol. The molecule has 4 aliphatic rings. The molecule has 0 saturated heterocycles. The fraction of sp³-hybridized carbons (Fsp3) is 0.926. The zero-order valence-electron chi connectivity index (χ0n) is 19.0. The first kappa shape index (κ1) is 20.0. The lowest BCUT2D eigenvalue weighted by molar-refractivity contribution is -0.0644. The van der Waals surface area contributed by atoms with Gasteiger partial charge < -0.3 is 0 Å². The summed E-state index contributed by atoms with van der Waals surface area (Å²) in [5, 5.41) is 0. The van der Waals surface area contributed by atoms with Crippen LogP contribution in [0.4, 0.5) is 0 Å². The molecule has 0 heteroatoms. The largest absolute Gasteiger partial charge is 0.0846 e. The standard InChI is InChI=1S/C27H46/c1-19(2)9-8-10-20(3)23-14-15-24-22-13-12-21-11-6-7-17-26(21,4)25(22)16-18-27(23,24)5/h12-13,19-25H,6-11,14-18H2,1-5H3/t20-,21-,22+,23-,24+,25+,26+,27-/m1/s1. The van der Waals surface area contributed by atoms with Gasteiger partial charge in [-0.3, -0.25) is 0 Å². The van der Waals surface area contributed by atoms with Crippen molar-refractivity contribution in [2.75, 3.05) is 0 Å². The predicted molar refractivity (Wildman–Crippen MR) is 118 cm³/mol. The van der Waals surface area contributed by atoms with Crippen LogP contribution in [0.25, 0.3) is 0 Å². The summed E-state index contributed by atoms with van der Waals surface area (Å²) < 4.78 is 0. The van der Waals surface area contributed by atoms with E-state index in [9.17, 15) is 0 Å². The number of fused-ring (bicyclic) bond motifs is 5. The quantitative estimate of drug-likeness (QED) is 0.427. The van der Waals surface area contributed by atoms with Crippen LogP contribution in [-0.2, 0) is 0 Å². The summed E-state index contributed by atoms with van der Waals surface area (Å²) in [6, 6.07) is 0. The molecule has 0 radical (unpaired) electrons. The van der Waals surface area contributed by atoms with Crippen molar-refractivity contribution < 1.29 is 0 Å². The first-order chi connectivity index (χ1) is 12.9. The van der Waals surface area contributed by atoms with Crippen LogP contribution in [0.2, 0.25) is 0 Å². The van der Waals surface area contributed by atoms with Crippen LogP contribution in [0.5, 0.6) is 0 Å². The zero-order chi connectivity index (χ0) is 19.2. The van der Waals surface area contributed by atoms with Gasteiger partial charge in [0.1, 0.15) is 0 Å². The van der Waals surface area contributed by atoms with Crippen LogP contribution in [0, 0.1) is 52.3 Å². The van der Waals surface area contributed by atoms with E-state index < -0.39 is 0 Å². The Hall–Kier alpha value is -0.260. The highest BCUT2D eigenvalue weighted by atomic mass is 14.6. The minimum atomic E-state index is 0.625. The topological polar surface area (TPSA) is 0 Å². The highest BCUT2D eigenvalue weighted by Gasteiger charge is 2.58. The van der Waals surface area contributed by atoms with Crippen molar-refractivity contribution in [3.8, 4) is 0 Å². The highest BCUT2D eigenvalue weighted by molar-refractivity contribution is 5.17. The summed E-state index contributed by atoms with van der Waals surface area (Å²) >= 11 is 0. The van der Waals surface area contributed by atoms with Gasteiger partial charge in [0.05, 0.1) is 0 Å². The van der Waals surface area contributed by atoms with Gasteiger partial charge in [-0.25, -0.2) is 0 Å². The molecule has 4 rings (SSSR count). The molecule has 154 valence electrons. The third kappa shape index (κ3) is 3.36. The van der Waals surface area contributed by atoms with Crippen molar-refractivity contribution in [1.82, 2.24) is 0 Å². The van der Waals surface area contributed by atoms with Gasteiger partial charge in [-0.2, -0.15) is 0 Å². The molecule has 0 spiro atoms. The van der Waals surface area contributed by atoms with Gasteiger partial charge in [-0.15, -0.1) is 0 Å². The van der Waals surface area contributed by atoms with Crippen molar-refractivity contribution in [3.05, 3.63) is 12.2 Å². The van der Waals surface area contributed by atoms with Crippen molar-refractivity contribution in [3.63, 3.8) is 0 Å². The summed E-state index contributed by atoms with van der Waals surface area (Å²) in [5.41, 5.74) is 1.25. The van der Waals surface area contributed by atoms with E-state index in [-0.39, 0.29) is 0 Å². The normalized spacial score (nSPS) is 47.4. The molecule has 3 saturated carbocycles. The summed E-state index contributed by atoms with van der Waals surface area (Å²) in [6.45, 7) is 12.8. The SMILES string of the molecule is CC(C)CCC[C@@H](C)[C@H]1CC[C@H]2[C@@H]3C=C[C@H]4CCCC[C@]4(C)[C@H]3CC[C@]12C. The fourth-order valence-corrected chi connectivity index (χ4v) is 8.68. The Morgan fingerprint density at radius 1 is 0.815 bits per heavy atom. The van der Waals surface area contributed by atoms with Crippen LogP contribution in [-0.4, -0.2) is 0 Å². The molecule has 0 N–H and O–H groups in total.